The Morgan fingerprint density at radius 1 is 0.516 bits per heavy atom. The van der Waals surface area contributed by atoms with Gasteiger partial charge in [0.25, 0.3) is 11.8 Å². The lowest BCUT2D eigenvalue weighted by Gasteiger charge is -2.35. The summed E-state index contributed by atoms with van der Waals surface area (Å²) in [5.74, 6) is -0.825. The first-order valence-electron chi connectivity index (χ1n) is 44.2. The highest BCUT2D eigenvalue weighted by Gasteiger charge is 2.31. The Kier molecular flexibility index (Phi) is 33.5. The zero-order chi connectivity index (χ0) is 89.8. The van der Waals surface area contributed by atoms with Gasteiger partial charge in [-0.3, -0.25) is 29.2 Å². The Labute approximate surface area is 748 Å². The molecular formula is C96H124BBrF2N16O10. The maximum absolute atomic E-state index is 15.4. The number of carbonyl (C=O) groups excluding carboxylic acids is 4. The van der Waals surface area contributed by atoms with Crippen molar-refractivity contribution in [3.8, 4) is 11.1 Å². The van der Waals surface area contributed by atoms with Crippen LogP contribution in [0.25, 0.3) is 33.2 Å². The van der Waals surface area contributed by atoms with Gasteiger partial charge in [0.05, 0.1) is 39.0 Å². The van der Waals surface area contributed by atoms with E-state index in [9.17, 15) is 33.6 Å². The van der Waals surface area contributed by atoms with Gasteiger partial charge in [0.1, 0.15) is 22.8 Å². The maximum atomic E-state index is 15.4. The molecule has 4 saturated heterocycles. The third-order valence-electron chi connectivity index (χ3n) is 22.8. The summed E-state index contributed by atoms with van der Waals surface area (Å²) < 4.78 is 55.4. The van der Waals surface area contributed by atoms with Crippen molar-refractivity contribution in [1.82, 2.24) is 69.6 Å². The van der Waals surface area contributed by atoms with E-state index in [0.29, 0.717) is 98.6 Å². The smallest absolute Gasteiger partial charge is 0.444 e. The quantitative estimate of drug-likeness (QED) is 0.0249. The lowest BCUT2D eigenvalue weighted by Crippen LogP contribution is -2.49. The van der Waals surface area contributed by atoms with Crippen LogP contribution in [0.2, 0.25) is 0 Å². The van der Waals surface area contributed by atoms with E-state index in [2.05, 4.69) is 107 Å². The first-order chi connectivity index (χ1) is 60.5. The summed E-state index contributed by atoms with van der Waals surface area (Å²) in [6.45, 7) is 34.0. The molecule has 6 N–H and O–H groups in total. The zero-order valence-corrected chi connectivity index (χ0v) is 76.6. The minimum atomic E-state index is -1.45. The van der Waals surface area contributed by atoms with Crippen LogP contribution in [0.3, 0.4) is 0 Å². The van der Waals surface area contributed by atoms with Crippen LogP contribution in [0.5, 0.6) is 0 Å². The van der Waals surface area contributed by atoms with Crippen LogP contribution in [-0.2, 0) is 97.2 Å². The molecule has 4 aliphatic heterocycles. The van der Waals surface area contributed by atoms with Gasteiger partial charge in [-0.25, -0.2) is 37.7 Å². The van der Waals surface area contributed by atoms with Crippen LogP contribution >= 0.6 is 15.9 Å². The lowest BCUT2D eigenvalue weighted by atomic mass is 9.79. The average Bonchev–Trinajstić information content (AvgIpc) is 1.60. The van der Waals surface area contributed by atoms with Crippen molar-refractivity contribution >= 4 is 86.0 Å². The highest BCUT2D eigenvalue weighted by Crippen LogP contribution is 2.35. The molecule has 4 fully saturated rings. The van der Waals surface area contributed by atoms with Gasteiger partial charge in [-0.15, -0.1) is 0 Å². The largest absolute Gasteiger partial charge is 0.488 e. The number of ether oxygens (including phenoxy) is 4. The van der Waals surface area contributed by atoms with E-state index in [1.54, 1.807) is 40.1 Å². The normalized spacial score (nSPS) is 15.1. The van der Waals surface area contributed by atoms with E-state index in [1.807, 2.05) is 162 Å². The summed E-state index contributed by atoms with van der Waals surface area (Å²) in [6.07, 6.45) is 8.37. The van der Waals surface area contributed by atoms with Crippen molar-refractivity contribution < 1.29 is 57.0 Å². The molecule has 126 heavy (non-hydrogen) atoms. The molecule has 8 heterocycles. The van der Waals surface area contributed by atoms with Crippen LogP contribution in [0, 0.1) is 11.6 Å². The van der Waals surface area contributed by atoms with Crippen molar-refractivity contribution in [3.05, 3.63) is 229 Å². The predicted molar refractivity (Wildman–Crippen MR) is 494 cm³/mol. The van der Waals surface area contributed by atoms with Crippen molar-refractivity contribution in [2.75, 3.05) is 104 Å². The van der Waals surface area contributed by atoms with Crippen molar-refractivity contribution in [1.29, 1.82) is 0 Å². The Hall–Kier alpha value is -10.3. The first kappa shape index (κ1) is 94.8. The van der Waals surface area contributed by atoms with Gasteiger partial charge in [0, 0.05) is 196 Å². The fourth-order valence-corrected chi connectivity index (χ4v) is 16.7. The van der Waals surface area contributed by atoms with Gasteiger partial charge < -0.3 is 60.1 Å². The van der Waals surface area contributed by atoms with E-state index in [4.69, 9.17) is 28.9 Å². The number of fused-ring (bicyclic) bond motifs is 2. The molecule has 0 saturated carbocycles. The van der Waals surface area contributed by atoms with E-state index in [1.165, 1.54) is 6.07 Å². The topological polar surface area (TPSA) is 275 Å². The molecule has 0 radical (unpaired) electrons. The number of aromatic nitrogens is 6. The molecule has 4 aliphatic rings. The van der Waals surface area contributed by atoms with E-state index < -0.39 is 18.3 Å². The molecule has 0 spiro atoms. The van der Waals surface area contributed by atoms with E-state index in [0.717, 1.165) is 206 Å². The summed E-state index contributed by atoms with van der Waals surface area (Å²) in [7, 11) is 2.59. The number of carbonyl (C=O) groups is 4. The zero-order valence-electron chi connectivity index (χ0n) is 75.0. The number of hydrogen-bond donors (Lipinski definition) is 6. The van der Waals surface area contributed by atoms with Crippen LogP contribution in [-0.4, -0.2) is 216 Å². The molecule has 6 aromatic carbocycles. The van der Waals surface area contributed by atoms with Gasteiger partial charge in [-0.05, 0) is 223 Å². The van der Waals surface area contributed by atoms with Crippen molar-refractivity contribution in [3.63, 3.8) is 0 Å². The highest BCUT2D eigenvalue weighted by atomic mass is 79.9. The van der Waals surface area contributed by atoms with Crippen LogP contribution in [0.4, 0.5) is 29.7 Å². The second kappa shape index (κ2) is 44.4. The second-order valence-electron chi connectivity index (χ2n) is 35.0. The van der Waals surface area contributed by atoms with Gasteiger partial charge in [-0.1, -0.05) is 92.7 Å². The Balaban J connectivity index is 0.000000191. The number of halogens is 3. The predicted octanol–water partition coefficient (Wildman–Crippen LogP) is 14.5. The Morgan fingerprint density at radius 2 is 0.921 bits per heavy atom. The molecule has 0 atom stereocenters. The lowest BCUT2D eigenvalue weighted by molar-refractivity contribution is 0.0129. The summed E-state index contributed by atoms with van der Waals surface area (Å²) in [5.41, 5.74) is 15.8. The van der Waals surface area contributed by atoms with Gasteiger partial charge in [-0.2, -0.15) is 10.2 Å². The number of pyridine rings is 2. The number of amides is 4. The summed E-state index contributed by atoms with van der Waals surface area (Å²) in [6, 6.07) is 41.7. The molecule has 0 bridgehead atoms. The maximum Gasteiger partial charge on any atom is 0.488 e. The van der Waals surface area contributed by atoms with Crippen molar-refractivity contribution in [2.24, 2.45) is 0 Å². The number of nitrogens with zero attached hydrogens (tertiary/aromatic N) is 12. The molecule has 0 aliphatic carbocycles. The molecule has 26 nitrogen and oxygen atoms in total. The number of aryl methyl sites for hydroxylation is 4. The Bertz CT molecular complexity index is 5340. The molecular weight excluding hydrogens is 1670 g/mol. The standard InChI is InChI=1S/C48H61FN8O4.C32H38BrFN6O2.C16H25BN2O4/c1-7-43-40(44(52-38-17-23-60-24-18-38)41-29-51-57(8-2)45(41)53-43)28-50-46(58)37-14-10-11-33(26-37)30-54(6)31-35-15-16-42(49)39(27-35)36-13-9-12-34(25-36)32-55-19-21-56(22-20-55)47(59)61-48(3,4)5;1-4-29-25(30(37-24-11-13-42-14-12-24)26-18-36-40(5-2)31(26)38-29)17-35-32(41)23-8-6-7-21(15-23)19-39(3)20-22-9-10-28(34)27(33)16-22;1-16(2,3)23-15(20)19-9-7-18(8-10-19)12-13-5-4-6-14(11-13)17(21)22/h9-16,25-27,29,38H,7-8,17-24,28,30-32H2,1-6H3,(H,50,58)(H,52,53);6-10,15-16,18,24H,4-5,11-14,17,19-20H2,1-3H3,(H,35,41)(H,37,38);4-6,11,21-22H,7-10,12H2,1-3H3. The van der Waals surface area contributed by atoms with Gasteiger partial charge in [0.2, 0.25) is 0 Å². The van der Waals surface area contributed by atoms with Crippen molar-refractivity contribution in [2.45, 2.75) is 196 Å². The molecule has 30 heteroatoms. The fraction of sp³-hybridized carbons (Fsp3) is 0.458. The minimum absolute atomic E-state index is 0.134. The number of rotatable bonds is 28. The Morgan fingerprint density at radius 3 is 1.34 bits per heavy atom. The SMILES string of the molecule is CC(C)(C)OC(=O)N1CCN(Cc2cccc(B(O)O)c2)CC1.CCc1nc2c(cnn2CC)c(NC2CCOCC2)c1CNC(=O)c1cccc(CN(C)Cc2ccc(F)c(-c3cccc(CN4CCN(C(=O)OC(C)(C)C)CC4)c3)c2)c1.CCc1nc2c(cnn2CC)c(NC2CCOCC2)c1CNC(=O)c1cccc(CN(C)Cc2ccc(F)c(Br)c2)c1. The number of benzene rings is 6. The summed E-state index contributed by atoms with van der Waals surface area (Å²) in [5, 5.41) is 43.5. The number of nitrogens with one attached hydrogen (secondary N) is 4. The third kappa shape index (κ3) is 26.5. The minimum Gasteiger partial charge on any atom is -0.444 e. The first-order valence-corrected chi connectivity index (χ1v) is 45.0. The molecule has 4 amide bonds. The monoisotopic (exact) mass is 1790 g/mol. The number of piperazine rings is 2. The van der Waals surface area contributed by atoms with Gasteiger partial charge >= 0.3 is 19.3 Å². The molecule has 0 unspecified atom stereocenters. The number of hydrogen-bond acceptors (Lipinski definition) is 20. The van der Waals surface area contributed by atoms with Crippen LogP contribution < -0.4 is 26.7 Å². The van der Waals surface area contributed by atoms with Crippen LogP contribution in [0.15, 0.2) is 150 Å². The third-order valence-corrected chi connectivity index (χ3v) is 23.4. The van der Waals surface area contributed by atoms with E-state index >= 15 is 4.39 Å². The fourth-order valence-electron chi connectivity index (χ4n) is 16.3. The second-order valence-corrected chi connectivity index (χ2v) is 35.8. The molecule has 10 aromatic rings. The van der Waals surface area contributed by atoms with Crippen LogP contribution in [0.1, 0.15) is 172 Å². The van der Waals surface area contributed by atoms with E-state index in [-0.39, 0.29) is 47.7 Å². The number of anilines is 2. The highest BCUT2D eigenvalue weighted by molar-refractivity contribution is 9.10. The van der Waals surface area contributed by atoms with Gasteiger partial charge in [0.15, 0.2) is 11.3 Å². The summed E-state index contributed by atoms with van der Waals surface area (Å²) in [4.78, 5) is 74.0. The summed E-state index contributed by atoms with van der Waals surface area (Å²) >= 11 is 3.26. The molecule has 14 rings (SSSR count). The molecule has 672 valence electrons. The average molecular weight is 1790 g/mol. The molecule has 4 aromatic heterocycles.